The fourth-order valence-electron chi connectivity index (χ4n) is 4.00. The molecule has 1 amide bonds. The van der Waals surface area contributed by atoms with Crippen molar-refractivity contribution in [3.05, 3.63) is 36.6 Å². The monoisotopic (exact) mass is 376 g/mol. The van der Waals surface area contributed by atoms with E-state index >= 15 is 0 Å². The quantitative estimate of drug-likeness (QED) is 0.463. The van der Waals surface area contributed by atoms with E-state index in [9.17, 15) is 4.79 Å². The van der Waals surface area contributed by atoms with E-state index in [1.54, 1.807) is 11.9 Å². The van der Waals surface area contributed by atoms with E-state index in [0.29, 0.717) is 23.1 Å². The Morgan fingerprint density at radius 3 is 2.69 bits per heavy atom. The molecule has 0 bridgehead atoms. The number of nitrogens with one attached hydrogen (secondary N) is 2. The first-order valence-electron chi connectivity index (χ1n) is 10.2. The molecule has 0 heterocycles. The Kier molecular flexibility index (Phi) is 8.83. The molecule has 4 heteroatoms. The Bertz CT molecular complexity index is 528. The Labute approximate surface area is 164 Å². The van der Waals surface area contributed by atoms with Crippen LogP contribution in [0, 0.1) is 17.8 Å². The molecular weight excluding hydrogens is 340 g/mol. The van der Waals surface area contributed by atoms with E-state index in [1.165, 1.54) is 12.8 Å². The number of carbonyl (C=O) groups is 1. The molecule has 2 N–H and O–H groups in total. The average Bonchev–Trinajstić information content (AvgIpc) is 2.62. The molecule has 3 nitrogen and oxygen atoms in total. The summed E-state index contributed by atoms with van der Waals surface area (Å²) in [7, 11) is 0. The summed E-state index contributed by atoms with van der Waals surface area (Å²) in [6.45, 7) is 10.4. The van der Waals surface area contributed by atoms with Gasteiger partial charge >= 0.3 is 0 Å². The van der Waals surface area contributed by atoms with Crippen LogP contribution in [0.3, 0.4) is 0 Å². The maximum absolute atomic E-state index is 12.7. The van der Waals surface area contributed by atoms with Crippen molar-refractivity contribution in [1.82, 2.24) is 10.0 Å². The van der Waals surface area contributed by atoms with Gasteiger partial charge in [-0.15, -0.1) is 0 Å². The first-order chi connectivity index (χ1) is 12.5. The molecule has 5 unspecified atom stereocenters. The molecule has 0 aromatic heterocycles. The molecule has 26 heavy (non-hydrogen) atoms. The van der Waals surface area contributed by atoms with E-state index in [0.717, 1.165) is 43.6 Å². The summed E-state index contributed by atoms with van der Waals surface area (Å²) in [5.41, 5.74) is 1.15. The van der Waals surface area contributed by atoms with Crippen LogP contribution in [-0.2, 0) is 4.79 Å². The van der Waals surface area contributed by atoms with Crippen LogP contribution in [0.5, 0.6) is 0 Å². The molecule has 2 aliphatic rings. The third-order valence-electron chi connectivity index (χ3n) is 5.84. The molecule has 2 fully saturated rings. The molecule has 146 valence electrons. The van der Waals surface area contributed by atoms with Crippen molar-refractivity contribution in [3.8, 4) is 0 Å². The minimum Gasteiger partial charge on any atom is -0.353 e. The lowest BCUT2D eigenvalue weighted by atomic mass is 9.81. The standard InChI is InChI=1S/C22H36N2OS/c1-5-16(2)9-7-13-23-26-21-15-19(12-11-18(21)4)22(25)24-20-10-6-8-17(3)14-20/h5,7,9,13,17-21,23H,1,6,8,10-12,14-15H2,2-4H3,(H,24,25)/b13-7+,16-9-. The van der Waals surface area contributed by atoms with Gasteiger partial charge < -0.3 is 10.0 Å². The first kappa shape index (κ1) is 21.1. The number of allylic oxidation sites excluding steroid dienone is 4. The Morgan fingerprint density at radius 2 is 1.96 bits per heavy atom. The molecule has 0 radical (unpaired) electrons. The van der Waals surface area contributed by atoms with Gasteiger partial charge in [-0.25, -0.2) is 0 Å². The highest BCUT2D eigenvalue weighted by molar-refractivity contribution is 7.98. The second-order valence-electron chi connectivity index (χ2n) is 8.21. The van der Waals surface area contributed by atoms with Crippen molar-refractivity contribution < 1.29 is 4.79 Å². The zero-order valence-corrected chi connectivity index (χ0v) is 17.5. The minimum atomic E-state index is 0.176. The summed E-state index contributed by atoms with van der Waals surface area (Å²) in [4.78, 5) is 12.7. The van der Waals surface area contributed by atoms with E-state index < -0.39 is 0 Å². The number of hydrogen-bond acceptors (Lipinski definition) is 3. The minimum absolute atomic E-state index is 0.176. The highest BCUT2D eigenvalue weighted by Crippen LogP contribution is 2.36. The van der Waals surface area contributed by atoms with Crippen LogP contribution in [0.1, 0.15) is 65.7 Å². The molecule has 2 aliphatic carbocycles. The molecule has 2 rings (SSSR count). The predicted octanol–water partition coefficient (Wildman–Crippen LogP) is 5.37. The van der Waals surface area contributed by atoms with Gasteiger partial charge in [0.2, 0.25) is 5.91 Å². The molecular formula is C22H36N2OS. The predicted molar refractivity (Wildman–Crippen MR) is 114 cm³/mol. The topological polar surface area (TPSA) is 41.1 Å². The lowest BCUT2D eigenvalue weighted by Crippen LogP contribution is -2.43. The Balaban J connectivity index is 1.78. The molecule has 0 spiro atoms. The largest absolute Gasteiger partial charge is 0.353 e. The van der Waals surface area contributed by atoms with Gasteiger partial charge in [0.15, 0.2) is 0 Å². The molecule has 0 aromatic carbocycles. The molecule has 0 aliphatic heterocycles. The van der Waals surface area contributed by atoms with Crippen molar-refractivity contribution in [1.29, 1.82) is 0 Å². The van der Waals surface area contributed by atoms with Crippen molar-refractivity contribution in [2.24, 2.45) is 17.8 Å². The summed E-state index contributed by atoms with van der Waals surface area (Å²) in [5.74, 6) is 1.86. The fraction of sp³-hybridized carbons (Fsp3) is 0.682. The highest BCUT2D eigenvalue weighted by Gasteiger charge is 2.33. The van der Waals surface area contributed by atoms with Gasteiger partial charge in [0, 0.05) is 23.4 Å². The average molecular weight is 377 g/mol. The smallest absolute Gasteiger partial charge is 0.223 e. The van der Waals surface area contributed by atoms with Crippen LogP contribution in [0.15, 0.2) is 36.6 Å². The van der Waals surface area contributed by atoms with E-state index in [2.05, 4.69) is 30.5 Å². The zero-order chi connectivity index (χ0) is 18.9. The summed E-state index contributed by atoms with van der Waals surface area (Å²) in [5, 5.41) is 3.84. The van der Waals surface area contributed by atoms with Crippen molar-refractivity contribution in [2.75, 3.05) is 0 Å². The van der Waals surface area contributed by atoms with Gasteiger partial charge in [-0.1, -0.05) is 51.0 Å². The number of carbonyl (C=O) groups excluding carboxylic acids is 1. The first-order valence-corrected chi connectivity index (χ1v) is 11.0. The third kappa shape index (κ3) is 6.86. The number of hydrogen-bond donors (Lipinski definition) is 2. The second-order valence-corrected chi connectivity index (χ2v) is 9.29. The van der Waals surface area contributed by atoms with Crippen LogP contribution >= 0.6 is 11.9 Å². The van der Waals surface area contributed by atoms with Crippen LogP contribution < -0.4 is 10.0 Å². The maximum Gasteiger partial charge on any atom is 0.223 e. The summed E-state index contributed by atoms with van der Waals surface area (Å²) in [6.07, 6.45) is 15.9. The van der Waals surface area contributed by atoms with Crippen LogP contribution in [0.4, 0.5) is 0 Å². The van der Waals surface area contributed by atoms with Gasteiger partial charge in [0.1, 0.15) is 0 Å². The van der Waals surface area contributed by atoms with Crippen molar-refractivity contribution in [3.63, 3.8) is 0 Å². The van der Waals surface area contributed by atoms with Crippen molar-refractivity contribution >= 4 is 17.9 Å². The number of amides is 1. The van der Waals surface area contributed by atoms with Gasteiger partial charge in [-0.3, -0.25) is 4.79 Å². The van der Waals surface area contributed by atoms with Crippen LogP contribution in [-0.4, -0.2) is 17.2 Å². The molecule has 2 saturated carbocycles. The van der Waals surface area contributed by atoms with Crippen LogP contribution in [0.25, 0.3) is 0 Å². The zero-order valence-electron chi connectivity index (χ0n) is 16.7. The Morgan fingerprint density at radius 1 is 1.15 bits per heavy atom. The van der Waals surface area contributed by atoms with Gasteiger partial charge in [0.05, 0.1) is 0 Å². The van der Waals surface area contributed by atoms with Gasteiger partial charge in [-0.2, -0.15) is 0 Å². The Hall–Kier alpha value is -1.16. The van der Waals surface area contributed by atoms with E-state index in [-0.39, 0.29) is 5.92 Å². The normalized spacial score (nSPS) is 33.0. The summed E-state index contributed by atoms with van der Waals surface area (Å²) < 4.78 is 3.34. The lowest BCUT2D eigenvalue weighted by Gasteiger charge is -2.34. The van der Waals surface area contributed by atoms with Crippen molar-refractivity contribution in [2.45, 2.75) is 77.0 Å². The van der Waals surface area contributed by atoms with E-state index in [1.807, 2.05) is 31.4 Å². The molecule has 0 aromatic rings. The lowest BCUT2D eigenvalue weighted by molar-refractivity contribution is -0.127. The summed E-state index contributed by atoms with van der Waals surface area (Å²) >= 11 is 1.76. The number of rotatable bonds is 7. The van der Waals surface area contributed by atoms with E-state index in [4.69, 9.17) is 0 Å². The molecule has 0 saturated heterocycles. The third-order valence-corrected chi connectivity index (χ3v) is 7.07. The van der Waals surface area contributed by atoms with Crippen LogP contribution in [0.2, 0.25) is 0 Å². The maximum atomic E-state index is 12.7. The molecule has 5 atom stereocenters. The second kappa shape index (κ2) is 10.9. The SMILES string of the molecule is C=C/C(C)=C\C=C\NSC1CC(C(=O)NC2CCCC(C)C2)CCC1C. The van der Waals surface area contributed by atoms with Gasteiger partial charge in [0.25, 0.3) is 0 Å². The summed E-state index contributed by atoms with van der Waals surface area (Å²) in [6, 6.07) is 0.401. The highest BCUT2D eigenvalue weighted by atomic mass is 32.2. The fourth-order valence-corrected chi connectivity index (χ4v) is 5.03. The van der Waals surface area contributed by atoms with Gasteiger partial charge in [-0.05, 0) is 68.9 Å².